The topological polar surface area (TPSA) is 12.9 Å². The van der Waals surface area contributed by atoms with E-state index in [9.17, 15) is 0 Å². The van der Waals surface area contributed by atoms with Gasteiger partial charge in [0.25, 0.3) is 0 Å². The van der Waals surface area contributed by atoms with Gasteiger partial charge in [0.1, 0.15) is 0 Å². The first-order valence-electron chi connectivity index (χ1n) is 1.87. The Morgan fingerprint density at radius 1 is 1.62 bits per heavy atom. The monoisotopic (exact) mass is 119 g/mol. The van der Waals surface area contributed by atoms with E-state index in [1.807, 2.05) is 0 Å². The number of rotatable bonds is 0. The van der Waals surface area contributed by atoms with Crippen LogP contribution < -0.4 is 18.9 Å². The van der Waals surface area contributed by atoms with Crippen molar-refractivity contribution >= 4 is 11.6 Å². The van der Waals surface area contributed by atoms with Crippen LogP contribution in [0.3, 0.4) is 0 Å². The number of hydrogen-bond acceptors (Lipinski definition) is 1. The van der Waals surface area contributed by atoms with Gasteiger partial charge in [-0.25, -0.2) is 0 Å². The van der Waals surface area contributed by atoms with Crippen molar-refractivity contribution in [1.29, 1.82) is 0 Å². The van der Waals surface area contributed by atoms with Gasteiger partial charge in [0.2, 0.25) is 0 Å². The zero-order valence-corrected chi connectivity index (χ0v) is 5.31. The molecular weight excluding hydrogens is 116 g/mol. The van der Waals surface area contributed by atoms with Crippen LogP contribution in [0.5, 0.6) is 0 Å². The summed E-state index contributed by atoms with van der Waals surface area (Å²) in [4.78, 5) is 3.71. The van der Waals surface area contributed by atoms with Crippen LogP contribution in [0.4, 0.5) is 0 Å². The van der Waals surface area contributed by atoms with Crippen molar-refractivity contribution < 1.29 is 18.9 Å². The fraction of sp³-hybridized carbons (Fsp3) is 0. The summed E-state index contributed by atoms with van der Waals surface area (Å²) in [5.74, 6) is 0. The van der Waals surface area contributed by atoms with Gasteiger partial charge < -0.3 is 4.98 Å². The fourth-order valence-electron chi connectivity index (χ4n) is 0.306. The Labute approximate surface area is 65.3 Å². The number of hydrogen-bond donors (Lipinski definition) is 0. The summed E-state index contributed by atoms with van der Waals surface area (Å²) < 4.78 is 0. The Kier molecular flexibility index (Phi) is 3.99. The maximum atomic E-state index is 5.40. The summed E-state index contributed by atoms with van der Waals surface area (Å²) in [5.41, 5.74) is 0. The van der Waals surface area contributed by atoms with Gasteiger partial charge in [-0.3, -0.25) is 0 Å². The summed E-state index contributed by atoms with van der Waals surface area (Å²) in [7, 11) is 0. The molecule has 0 saturated heterocycles. The van der Waals surface area contributed by atoms with Crippen LogP contribution in [-0.4, -0.2) is 4.98 Å². The quantitative estimate of drug-likeness (QED) is 0.231. The molecule has 0 amide bonds. The summed E-state index contributed by atoms with van der Waals surface area (Å²) in [6.45, 7) is 0. The first-order chi connectivity index (χ1) is 3.39. The van der Waals surface area contributed by atoms with E-state index >= 15 is 0 Å². The molecule has 0 aromatic carbocycles. The predicted molar refractivity (Wildman–Crippen MR) is 28.1 cm³/mol. The van der Waals surface area contributed by atoms with E-state index in [0.29, 0.717) is 5.15 Å². The second-order valence-corrected chi connectivity index (χ2v) is 1.47. The summed E-state index contributed by atoms with van der Waals surface area (Å²) in [6.07, 6.45) is 1.60. The number of nitrogens with zero attached hydrogens (tertiary/aromatic N) is 1. The van der Waals surface area contributed by atoms with Gasteiger partial charge >= 0.3 is 18.9 Å². The Morgan fingerprint density at radius 3 is 2.62 bits per heavy atom. The van der Waals surface area contributed by atoms with Gasteiger partial charge in [-0.05, 0) is 0 Å². The minimum Gasteiger partial charge on any atom is -0.372 e. The number of pyridine rings is 1. The minimum atomic E-state index is 0. The maximum Gasteiger partial charge on any atom is 1.00 e. The molecule has 1 nitrogen and oxygen atoms in total. The van der Waals surface area contributed by atoms with Crippen molar-refractivity contribution in [3.05, 3.63) is 29.5 Å². The predicted octanol–water partition coefficient (Wildman–Crippen LogP) is -1.46. The smallest absolute Gasteiger partial charge is 0.372 e. The molecule has 0 N–H and O–H groups in total. The van der Waals surface area contributed by atoms with Gasteiger partial charge in [-0.15, -0.1) is 17.7 Å². The summed E-state index contributed by atoms with van der Waals surface area (Å²) in [5, 5.41) is 0.488. The average Bonchev–Trinajstić information content (AvgIpc) is 1.69. The Morgan fingerprint density at radius 2 is 2.38 bits per heavy atom. The molecule has 1 heterocycles. The number of halogens is 1. The van der Waals surface area contributed by atoms with Crippen molar-refractivity contribution in [2.45, 2.75) is 0 Å². The van der Waals surface area contributed by atoms with Gasteiger partial charge in [-0.2, -0.15) is 12.1 Å². The zero-order valence-electron chi connectivity index (χ0n) is 4.56. The molecule has 0 fully saturated rings. The minimum absolute atomic E-state index is 0. The SMILES string of the molecule is Clc1c[c-]ccn1.[Li+]. The maximum absolute atomic E-state index is 5.40. The molecular formula is C5H3ClLiN. The second kappa shape index (κ2) is 3.97. The number of aromatic nitrogens is 1. The van der Waals surface area contributed by atoms with E-state index in [4.69, 9.17) is 11.6 Å². The van der Waals surface area contributed by atoms with Crippen LogP contribution in [0.15, 0.2) is 18.3 Å². The molecule has 0 unspecified atom stereocenters. The Bertz CT molecular complexity index is 142. The molecule has 0 aliphatic heterocycles. The molecule has 0 bridgehead atoms. The average molecular weight is 119 g/mol. The van der Waals surface area contributed by atoms with Crippen molar-refractivity contribution in [2.75, 3.05) is 0 Å². The van der Waals surface area contributed by atoms with Crippen LogP contribution in [0.2, 0.25) is 5.15 Å². The van der Waals surface area contributed by atoms with Crippen LogP contribution in [-0.2, 0) is 0 Å². The fourth-order valence-corrected chi connectivity index (χ4v) is 0.425. The summed E-state index contributed by atoms with van der Waals surface area (Å²) in [6, 6.07) is 6.08. The first kappa shape index (κ1) is 8.04. The van der Waals surface area contributed by atoms with E-state index in [-0.39, 0.29) is 18.9 Å². The van der Waals surface area contributed by atoms with Crippen molar-refractivity contribution in [3.63, 3.8) is 0 Å². The Balaban J connectivity index is 0.000000490. The third-order valence-corrected chi connectivity index (χ3v) is 0.778. The van der Waals surface area contributed by atoms with E-state index in [2.05, 4.69) is 11.1 Å². The van der Waals surface area contributed by atoms with E-state index in [1.165, 1.54) is 0 Å². The second-order valence-electron chi connectivity index (χ2n) is 1.08. The first-order valence-corrected chi connectivity index (χ1v) is 2.25. The van der Waals surface area contributed by atoms with Gasteiger partial charge in [0, 0.05) is 5.15 Å². The van der Waals surface area contributed by atoms with E-state index in [0.717, 1.165) is 0 Å². The Hall–Kier alpha value is 0.0374. The molecule has 0 radical (unpaired) electrons. The molecule has 1 aromatic rings. The zero-order chi connectivity index (χ0) is 5.11. The molecule has 3 heteroatoms. The van der Waals surface area contributed by atoms with Gasteiger partial charge in [0.05, 0.1) is 0 Å². The van der Waals surface area contributed by atoms with Crippen LogP contribution >= 0.6 is 11.6 Å². The van der Waals surface area contributed by atoms with E-state index < -0.39 is 0 Å². The van der Waals surface area contributed by atoms with Crippen molar-refractivity contribution in [3.8, 4) is 0 Å². The third kappa shape index (κ3) is 2.37. The van der Waals surface area contributed by atoms with Crippen LogP contribution in [0.1, 0.15) is 0 Å². The molecule has 0 saturated carbocycles. The molecule has 0 aliphatic rings. The molecule has 36 valence electrons. The molecule has 0 atom stereocenters. The standard InChI is InChI=1S/C5H3ClN.Li/c6-5-3-1-2-4-7-5;/h2-4H;/q-1;+1. The van der Waals surface area contributed by atoms with E-state index in [1.54, 1.807) is 18.3 Å². The molecule has 0 spiro atoms. The molecule has 1 rings (SSSR count). The van der Waals surface area contributed by atoms with Crippen molar-refractivity contribution in [2.24, 2.45) is 0 Å². The normalized spacial score (nSPS) is 7.62. The van der Waals surface area contributed by atoms with Crippen molar-refractivity contribution in [1.82, 2.24) is 4.98 Å². The van der Waals surface area contributed by atoms with Gasteiger partial charge in [0.15, 0.2) is 0 Å². The molecule has 8 heavy (non-hydrogen) atoms. The van der Waals surface area contributed by atoms with Crippen LogP contribution in [0, 0.1) is 6.07 Å². The third-order valence-electron chi connectivity index (χ3n) is 0.571. The summed E-state index contributed by atoms with van der Waals surface area (Å²) >= 11 is 5.40. The molecule has 0 aliphatic carbocycles. The van der Waals surface area contributed by atoms with Crippen LogP contribution in [0.25, 0.3) is 0 Å². The largest absolute Gasteiger partial charge is 1.00 e. The van der Waals surface area contributed by atoms with Gasteiger partial charge in [-0.1, -0.05) is 6.20 Å². The molecule has 1 aromatic heterocycles.